The fraction of sp³-hybridized carbons (Fsp3) is 0.267. The van der Waals surface area contributed by atoms with Gasteiger partial charge >= 0.3 is 5.69 Å². The first-order chi connectivity index (χ1) is 10.0. The van der Waals surface area contributed by atoms with Crippen molar-refractivity contribution in [3.63, 3.8) is 0 Å². The minimum atomic E-state index is -0.510. The van der Waals surface area contributed by atoms with E-state index in [4.69, 9.17) is 5.73 Å². The molecular weight excluding hydrogens is 270 g/mol. The molecule has 1 aromatic heterocycles. The van der Waals surface area contributed by atoms with Gasteiger partial charge in [0.15, 0.2) is 0 Å². The van der Waals surface area contributed by atoms with Crippen LogP contribution in [-0.2, 0) is 13.1 Å². The van der Waals surface area contributed by atoms with Crippen LogP contribution < -0.4 is 17.0 Å². The summed E-state index contributed by atoms with van der Waals surface area (Å²) >= 11 is 0. The molecule has 2 rings (SSSR count). The molecule has 0 aliphatic heterocycles. The molecule has 21 heavy (non-hydrogen) atoms. The Morgan fingerprint density at radius 1 is 1.14 bits per heavy atom. The van der Waals surface area contributed by atoms with Gasteiger partial charge in [0, 0.05) is 24.4 Å². The van der Waals surface area contributed by atoms with Crippen molar-refractivity contribution in [3.8, 4) is 0 Å². The second-order valence-electron chi connectivity index (χ2n) is 4.78. The number of carbonyl (C=O) groups excluding carboxylic acids is 1. The number of amides is 1. The van der Waals surface area contributed by atoms with Gasteiger partial charge in [-0.1, -0.05) is 19.1 Å². The van der Waals surface area contributed by atoms with E-state index in [-0.39, 0.29) is 17.8 Å². The number of hydrogen-bond acceptors (Lipinski definition) is 3. The molecule has 2 aromatic rings. The molecule has 0 aliphatic carbocycles. The average Bonchev–Trinajstić information content (AvgIpc) is 2.47. The summed E-state index contributed by atoms with van der Waals surface area (Å²) in [6, 6.07) is 7.91. The Hall–Kier alpha value is -2.63. The molecule has 1 aromatic carbocycles. The fourth-order valence-electron chi connectivity index (χ4n) is 2.07. The third-order valence-corrected chi connectivity index (χ3v) is 3.18. The van der Waals surface area contributed by atoms with Gasteiger partial charge in [-0.2, -0.15) is 0 Å². The van der Waals surface area contributed by atoms with Crippen molar-refractivity contribution >= 4 is 5.91 Å². The Labute approximate surface area is 121 Å². The normalized spacial score (nSPS) is 10.5. The van der Waals surface area contributed by atoms with Crippen molar-refractivity contribution in [2.24, 2.45) is 5.73 Å². The van der Waals surface area contributed by atoms with Crippen LogP contribution >= 0.6 is 0 Å². The Kier molecular flexibility index (Phi) is 4.37. The summed E-state index contributed by atoms with van der Waals surface area (Å²) in [6.45, 7) is 2.70. The van der Waals surface area contributed by atoms with Crippen LogP contribution in [-0.4, -0.2) is 15.0 Å². The first-order valence-electron chi connectivity index (χ1n) is 6.72. The summed E-state index contributed by atoms with van der Waals surface area (Å²) in [7, 11) is 0. The number of nitrogens with zero attached hydrogens (tertiary/aromatic N) is 2. The number of aromatic nitrogens is 2. The molecule has 0 unspecified atom stereocenters. The minimum Gasteiger partial charge on any atom is -0.366 e. The molecular formula is C15H17N3O3. The molecule has 0 bridgehead atoms. The third kappa shape index (κ3) is 3.28. The molecule has 1 heterocycles. The maximum absolute atomic E-state index is 12.2. The van der Waals surface area contributed by atoms with Gasteiger partial charge in [-0.25, -0.2) is 4.79 Å². The van der Waals surface area contributed by atoms with Gasteiger partial charge in [0.2, 0.25) is 5.91 Å². The van der Waals surface area contributed by atoms with E-state index in [1.54, 1.807) is 24.3 Å². The summed E-state index contributed by atoms with van der Waals surface area (Å²) < 4.78 is 2.69. The Bertz CT molecular complexity index is 757. The zero-order valence-corrected chi connectivity index (χ0v) is 11.8. The van der Waals surface area contributed by atoms with Crippen LogP contribution in [0, 0.1) is 0 Å². The number of hydrogen-bond donors (Lipinski definition) is 1. The lowest BCUT2D eigenvalue weighted by Gasteiger charge is -2.09. The Morgan fingerprint density at radius 2 is 1.81 bits per heavy atom. The van der Waals surface area contributed by atoms with E-state index in [0.29, 0.717) is 12.1 Å². The topological polar surface area (TPSA) is 87.1 Å². The van der Waals surface area contributed by atoms with Crippen LogP contribution in [0.5, 0.6) is 0 Å². The van der Waals surface area contributed by atoms with Crippen LogP contribution in [0.4, 0.5) is 0 Å². The smallest absolute Gasteiger partial charge is 0.331 e. The van der Waals surface area contributed by atoms with Gasteiger partial charge in [-0.15, -0.1) is 0 Å². The van der Waals surface area contributed by atoms with Crippen LogP contribution in [0.3, 0.4) is 0 Å². The van der Waals surface area contributed by atoms with E-state index in [2.05, 4.69) is 0 Å². The average molecular weight is 287 g/mol. The van der Waals surface area contributed by atoms with Gasteiger partial charge in [-0.05, 0) is 24.1 Å². The number of benzene rings is 1. The molecule has 0 spiro atoms. The van der Waals surface area contributed by atoms with Crippen molar-refractivity contribution in [2.75, 3.05) is 0 Å². The van der Waals surface area contributed by atoms with Crippen molar-refractivity contribution < 1.29 is 4.79 Å². The second-order valence-corrected chi connectivity index (χ2v) is 4.78. The maximum Gasteiger partial charge on any atom is 0.331 e. The SMILES string of the molecule is CCCn1ccc(=O)n(Cc2ccc(C(N)=O)cc2)c1=O. The van der Waals surface area contributed by atoms with E-state index >= 15 is 0 Å². The molecule has 0 fully saturated rings. The zero-order valence-electron chi connectivity index (χ0n) is 11.8. The van der Waals surface area contributed by atoms with Gasteiger partial charge in [0.25, 0.3) is 5.56 Å². The largest absolute Gasteiger partial charge is 0.366 e. The van der Waals surface area contributed by atoms with E-state index < -0.39 is 5.91 Å². The lowest BCUT2D eigenvalue weighted by atomic mass is 10.1. The highest BCUT2D eigenvalue weighted by Gasteiger charge is 2.06. The zero-order chi connectivity index (χ0) is 15.4. The predicted molar refractivity (Wildman–Crippen MR) is 79.3 cm³/mol. The van der Waals surface area contributed by atoms with Crippen LogP contribution in [0.25, 0.3) is 0 Å². The molecule has 2 N–H and O–H groups in total. The monoisotopic (exact) mass is 287 g/mol. The lowest BCUT2D eigenvalue weighted by Crippen LogP contribution is -2.39. The third-order valence-electron chi connectivity index (χ3n) is 3.18. The molecule has 0 aliphatic rings. The highest BCUT2D eigenvalue weighted by atomic mass is 16.2. The van der Waals surface area contributed by atoms with E-state index in [0.717, 1.165) is 12.0 Å². The summed E-state index contributed by atoms with van der Waals surface area (Å²) in [5, 5.41) is 0. The lowest BCUT2D eigenvalue weighted by molar-refractivity contribution is 0.100. The predicted octanol–water partition coefficient (Wildman–Crippen LogP) is 0.567. The summed E-state index contributed by atoms with van der Waals surface area (Å²) in [5.74, 6) is -0.510. The van der Waals surface area contributed by atoms with Crippen molar-refractivity contribution in [1.82, 2.24) is 9.13 Å². The number of rotatable bonds is 5. The van der Waals surface area contributed by atoms with Crippen LogP contribution in [0.15, 0.2) is 46.1 Å². The maximum atomic E-state index is 12.2. The van der Waals surface area contributed by atoms with Gasteiger partial charge in [0.1, 0.15) is 0 Å². The molecule has 0 saturated carbocycles. The first kappa shape index (κ1) is 14.8. The van der Waals surface area contributed by atoms with Gasteiger partial charge in [-0.3, -0.25) is 14.2 Å². The quantitative estimate of drug-likeness (QED) is 0.872. The number of primary amides is 1. The van der Waals surface area contributed by atoms with Crippen LogP contribution in [0.2, 0.25) is 0 Å². The number of carbonyl (C=O) groups is 1. The van der Waals surface area contributed by atoms with Crippen molar-refractivity contribution in [1.29, 1.82) is 0 Å². The highest BCUT2D eigenvalue weighted by Crippen LogP contribution is 2.04. The molecule has 0 saturated heterocycles. The number of nitrogens with two attached hydrogens (primary N) is 1. The fourth-order valence-corrected chi connectivity index (χ4v) is 2.07. The van der Waals surface area contributed by atoms with Crippen molar-refractivity contribution in [3.05, 3.63) is 68.5 Å². The highest BCUT2D eigenvalue weighted by molar-refractivity contribution is 5.92. The van der Waals surface area contributed by atoms with Crippen LogP contribution in [0.1, 0.15) is 29.3 Å². The Morgan fingerprint density at radius 3 is 2.38 bits per heavy atom. The van der Waals surface area contributed by atoms with E-state index in [1.807, 2.05) is 6.92 Å². The Balaban J connectivity index is 2.35. The standard InChI is InChI=1S/C15H17N3O3/c1-2-8-17-9-7-13(19)18(15(17)21)10-11-3-5-12(6-4-11)14(16)20/h3-7,9H,2,8,10H2,1H3,(H2,16,20). The molecule has 6 heteroatoms. The minimum absolute atomic E-state index is 0.168. The van der Waals surface area contributed by atoms with E-state index in [1.165, 1.54) is 21.4 Å². The van der Waals surface area contributed by atoms with Crippen molar-refractivity contribution in [2.45, 2.75) is 26.4 Å². The summed E-state index contributed by atoms with van der Waals surface area (Å²) in [6.07, 6.45) is 2.33. The molecule has 6 nitrogen and oxygen atoms in total. The summed E-state index contributed by atoms with van der Waals surface area (Å²) in [4.78, 5) is 35.1. The molecule has 0 atom stereocenters. The van der Waals surface area contributed by atoms with Gasteiger partial charge in [0.05, 0.1) is 6.54 Å². The summed E-state index contributed by atoms with van der Waals surface area (Å²) in [5.41, 5.74) is 5.65. The number of aryl methyl sites for hydroxylation is 1. The molecule has 1 amide bonds. The van der Waals surface area contributed by atoms with E-state index in [9.17, 15) is 14.4 Å². The second kappa shape index (κ2) is 6.21. The molecule has 0 radical (unpaired) electrons. The molecule has 110 valence electrons. The van der Waals surface area contributed by atoms with Gasteiger partial charge < -0.3 is 10.3 Å². The first-order valence-corrected chi connectivity index (χ1v) is 6.72.